The number of aromatic nitrogens is 2. The fourth-order valence-corrected chi connectivity index (χ4v) is 4.09. The van der Waals surface area contributed by atoms with E-state index in [-0.39, 0.29) is 11.4 Å². The van der Waals surface area contributed by atoms with E-state index in [1.54, 1.807) is 24.3 Å². The lowest BCUT2D eigenvalue weighted by molar-refractivity contribution is 0.572. The number of nitrogens with zero attached hydrogens (tertiary/aromatic N) is 3. The number of furan rings is 1. The Bertz CT molecular complexity index is 1340. The maximum atomic E-state index is 13.4. The highest BCUT2D eigenvalue weighted by molar-refractivity contribution is 9.10. The Kier molecular flexibility index (Phi) is 6.48. The number of hydrogen-bond acceptors (Lipinski definition) is 4. The number of halogens is 3. The predicted octanol–water partition coefficient (Wildman–Crippen LogP) is 6.55. The highest BCUT2D eigenvalue weighted by atomic mass is 79.9. The van der Waals surface area contributed by atoms with Crippen molar-refractivity contribution in [3.63, 3.8) is 0 Å². The van der Waals surface area contributed by atoms with E-state index in [1.165, 1.54) is 23.0 Å². The highest BCUT2D eigenvalue weighted by Crippen LogP contribution is 2.30. The first-order chi connectivity index (χ1) is 15.0. The van der Waals surface area contributed by atoms with Gasteiger partial charge in [-0.05, 0) is 70.9 Å². The van der Waals surface area contributed by atoms with Crippen molar-refractivity contribution < 1.29 is 8.81 Å². The molecule has 0 atom stereocenters. The van der Waals surface area contributed by atoms with Crippen LogP contribution in [-0.2, 0) is 6.42 Å². The summed E-state index contributed by atoms with van der Waals surface area (Å²) < 4.78 is 21.9. The number of benzene rings is 2. The molecule has 0 saturated carbocycles. The second-order valence-electron chi connectivity index (χ2n) is 6.98. The first kappa shape index (κ1) is 21.6. The zero-order valence-corrected chi connectivity index (χ0v) is 19.8. The average molecular weight is 547 g/mol. The van der Waals surface area contributed by atoms with Crippen LogP contribution < -0.4 is 5.56 Å². The smallest absolute Gasteiger partial charge is 0.282 e. The summed E-state index contributed by atoms with van der Waals surface area (Å²) in [6.07, 6.45) is 4.00. The highest BCUT2D eigenvalue weighted by Gasteiger charge is 2.12. The monoisotopic (exact) mass is 545 g/mol. The molecular weight excluding hydrogens is 529 g/mol. The molecule has 0 spiro atoms. The van der Waals surface area contributed by atoms with Crippen molar-refractivity contribution >= 4 is 49.0 Å². The summed E-state index contributed by atoms with van der Waals surface area (Å²) in [6, 6.07) is 13.3. The molecule has 158 valence electrons. The van der Waals surface area contributed by atoms with E-state index in [4.69, 9.17) is 4.42 Å². The summed E-state index contributed by atoms with van der Waals surface area (Å²) in [6.45, 7) is 2.09. The molecule has 0 fully saturated rings. The fourth-order valence-electron chi connectivity index (χ4n) is 3.18. The van der Waals surface area contributed by atoms with Gasteiger partial charge < -0.3 is 4.42 Å². The number of fused-ring (bicyclic) bond motifs is 1. The van der Waals surface area contributed by atoms with Gasteiger partial charge >= 0.3 is 0 Å². The van der Waals surface area contributed by atoms with Crippen molar-refractivity contribution in [1.82, 2.24) is 9.66 Å². The lowest BCUT2D eigenvalue weighted by Crippen LogP contribution is -2.22. The third-order valence-electron chi connectivity index (χ3n) is 4.75. The molecule has 0 saturated heterocycles. The Hall–Kier alpha value is -2.58. The van der Waals surface area contributed by atoms with Gasteiger partial charge in [-0.2, -0.15) is 9.78 Å². The summed E-state index contributed by atoms with van der Waals surface area (Å²) in [4.78, 5) is 17.8. The van der Waals surface area contributed by atoms with Crippen LogP contribution in [0, 0.1) is 5.82 Å². The van der Waals surface area contributed by atoms with Crippen molar-refractivity contribution in [3.8, 4) is 11.3 Å². The van der Waals surface area contributed by atoms with Gasteiger partial charge in [-0.25, -0.2) is 9.37 Å². The number of unbranched alkanes of at least 4 members (excludes halogenated alkanes) is 1. The lowest BCUT2D eigenvalue weighted by Gasteiger charge is -2.09. The van der Waals surface area contributed by atoms with Crippen LogP contribution in [0.25, 0.3) is 22.2 Å². The second-order valence-corrected chi connectivity index (χ2v) is 8.75. The van der Waals surface area contributed by atoms with Crippen LogP contribution in [0.15, 0.2) is 71.8 Å². The molecule has 0 bridgehead atoms. The summed E-state index contributed by atoms with van der Waals surface area (Å²) in [7, 11) is 0. The van der Waals surface area contributed by atoms with Gasteiger partial charge in [0.05, 0.1) is 17.1 Å². The molecule has 0 unspecified atom stereocenters. The van der Waals surface area contributed by atoms with Crippen molar-refractivity contribution in [2.24, 2.45) is 5.10 Å². The van der Waals surface area contributed by atoms with Gasteiger partial charge in [0.15, 0.2) is 0 Å². The van der Waals surface area contributed by atoms with Crippen LogP contribution in [-0.4, -0.2) is 15.9 Å². The Morgan fingerprint density at radius 1 is 1.16 bits per heavy atom. The van der Waals surface area contributed by atoms with E-state index >= 15 is 0 Å². The molecule has 0 aliphatic carbocycles. The molecule has 4 aromatic rings. The fraction of sp³-hybridized carbons (Fsp3) is 0.174. The molecule has 0 radical (unpaired) electrons. The predicted molar refractivity (Wildman–Crippen MR) is 127 cm³/mol. The molecule has 2 aromatic heterocycles. The SMILES string of the molecule is CCCCc1nc2ccc(Br)cc2c(=O)n1N=Cc1ccc(-c2ccc(F)cc2Br)o1. The maximum absolute atomic E-state index is 13.4. The summed E-state index contributed by atoms with van der Waals surface area (Å²) in [5.74, 6) is 1.30. The molecular formula is C23H18Br2FN3O2. The van der Waals surface area contributed by atoms with Crippen LogP contribution in [0.5, 0.6) is 0 Å². The minimum Gasteiger partial charge on any atom is -0.455 e. The van der Waals surface area contributed by atoms with Gasteiger partial charge in [-0.15, -0.1) is 0 Å². The zero-order valence-electron chi connectivity index (χ0n) is 16.6. The average Bonchev–Trinajstić information content (AvgIpc) is 3.21. The number of aryl methyl sites for hydroxylation is 1. The Morgan fingerprint density at radius 2 is 2.00 bits per heavy atom. The normalized spacial score (nSPS) is 11.6. The van der Waals surface area contributed by atoms with Crippen molar-refractivity contribution in [1.29, 1.82) is 0 Å². The van der Waals surface area contributed by atoms with E-state index in [0.29, 0.717) is 39.1 Å². The Balaban J connectivity index is 1.73. The van der Waals surface area contributed by atoms with Crippen molar-refractivity contribution in [2.75, 3.05) is 0 Å². The van der Waals surface area contributed by atoms with E-state index in [9.17, 15) is 9.18 Å². The summed E-state index contributed by atoms with van der Waals surface area (Å²) in [5, 5.41) is 4.88. The van der Waals surface area contributed by atoms with Gasteiger partial charge in [0, 0.05) is 20.9 Å². The molecule has 0 amide bonds. The lowest BCUT2D eigenvalue weighted by atomic mass is 10.2. The van der Waals surface area contributed by atoms with E-state index in [1.807, 2.05) is 12.1 Å². The molecule has 8 heteroatoms. The molecule has 2 heterocycles. The van der Waals surface area contributed by atoms with Gasteiger partial charge in [-0.1, -0.05) is 29.3 Å². The minimum absolute atomic E-state index is 0.235. The van der Waals surface area contributed by atoms with Crippen LogP contribution in [0.3, 0.4) is 0 Å². The maximum Gasteiger partial charge on any atom is 0.282 e. The molecule has 0 aliphatic heterocycles. The number of rotatable bonds is 6. The van der Waals surface area contributed by atoms with Gasteiger partial charge in [-0.3, -0.25) is 4.79 Å². The topological polar surface area (TPSA) is 60.4 Å². The van der Waals surface area contributed by atoms with Crippen LogP contribution in [0.4, 0.5) is 4.39 Å². The van der Waals surface area contributed by atoms with Crippen LogP contribution >= 0.6 is 31.9 Å². The van der Waals surface area contributed by atoms with Crippen LogP contribution in [0.2, 0.25) is 0 Å². The van der Waals surface area contributed by atoms with Gasteiger partial charge in [0.2, 0.25) is 0 Å². The van der Waals surface area contributed by atoms with E-state index < -0.39 is 0 Å². The quantitative estimate of drug-likeness (QED) is 0.258. The standard InChI is InChI=1S/C23H18Br2FN3O2/c1-2-3-4-22-28-20-9-5-14(24)11-18(20)23(30)29(22)27-13-16-7-10-21(31-16)17-8-6-15(26)12-19(17)25/h5-13H,2-4H2,1H3. The summed E-state index contributed by atoms with van der Waals surface area (Å²) >= 11 is 6.76. The third-order valence-corrected chi connectivity index (χ3v) is 5.90. The molecule has 0 N–H and O–H groups in total. The first-order valence-corrected chi connectivity index (χ1v) is 11.4. The van der Waals surface area contributed by atoms with Gasteiger partial charge in [0.1, 0.15) is 23.2 Å². The molecule has 4 rings (SSSR count). The molecule has 2 aromatic carbocycles. The second kappa shape index (κ2) is 9.28. The number of hydrogen-bond donors (Lipinski definition) is 0. The third kappa shape index (κ3) is 4.70. The first-order valence-electron chi connectivity index (χ1n) is 9.77. The van der Waals surface area contributed by atoms with Crippen LogP contribution in [0.1, 0.15) is 31.4 Å². The zero-order chi connectivity index (χ0) is 22.0. The molecule has 5 nitrogen and oxygen atoms in total. The van der Waals surface area contributed by atoms with E-state index in [2.05, 4.69) is 48.9 Å². The summed E-state index contributed by atoms with van der Waals surface area (Å²) in [5.41, 5.74) is 1.13. The Morgan fingerprint density at radius 3 is 2.77 bits per heavy atom. The Labute approximate surface area is 194 Å². The van der Waals surface area contributed by atoms with Crippen molar-refractivity contribution in [3.05, 3.63) is 85.2 Å². The van der Waals surface area contributed by atoms with Crippen molar-refractivity contribution in [2.45, 2.75) is 26.2 Å². The molecule has 31 heavy (non-hydrogen) atoms. The molecule has 0 aliphatic rings. The van der Waals surface area contributed by atoms with E-state index in [0.717, 1.165) is 22.9 Å². The largest absolute Gasteiger partial charge is 0.455 e. The minimum atomic E-state index is -0.335. The van der Waals surface area contributed by atoms with Gasteiger partial charge in [0.25, 0.3) is 5.56 Å².